The van der Waals surface area contributed by atoms with Gasteiger partial charge in [-0.3, -0.25) is 9.59 Å². The van der Waals surface area contributed by atoms with Crippen LogP contribution in [0, 0.1) is 57.7 Å². The minimum absolute atomic E-state index is 0.0306. The normalized spacial score (nSPS) is 57.6. The van der Waals surface area contributed by atoms with Gasteiger partial charge in [-0.15, -0.1) is 0 Å². The number of Topliss-reactive ketones (excluding diaryl/α,β-unsaturated/α-hetero) is 1. The molecule has 2 unspecified atom stereocenters. The van der Waals surface area contributed by atoms with Crippen LogP contribution in [0.4, 0.5) is 0 Å². The van der Waals surface area contributed by atoms with Crippen molar-refractivity contribution in [1.29, 1.82) is 0 Å². The molecule has 160 valence electrons. The highest BCUT2D eigenvalue weighted by atomic mass is 16.5. The van der Waals surface area contributed by atoms with Crippen LogP contribution in [-0.4, -0.2) is 18.9 Å². The van der Waals surface area contributed by atoms with E-state index < -0.39 is 0 Å². The summed E-state index contributed by atoms with van der Waals surface area (Å²) in [6.07, 6.45) is 13.3. The first-order chi connectivity index (χ1) is 13.9. The number of fused-ring (bicyclic) bond motifs is 6. The molecule has 0 amide bonds. The highest BCUT2D eigenvalue weighted by Crippen LogP contribution is 2.80. The van der Waals surface area contributed by atoms with Crippen LogP contribution in [0.15, 0.2) is 0 Å². The monoisotopic (exact) mass is 398 g/mol. The van der Waals surface area contributed by atoms with E-state index in [0.717, 1.165) is 42.9 Å². The van der Waals surface area contributed by atoms with Gasteiger partial charge in [0.2, 0.25) is 0 Å². The van der Waals surface area contributed by atoms with Gasteiger partial charge in [0.15, 0.2) is 0 Å². The quantitative estimate of drug-likeness (QED) is 0.554. The van der Waals surface area contributed by atoms with Crippen LogP contribution < -0.4 is 0 Å². The topological polar surface area (TPSA) is 43.4 Å². The van der Waals surface area contributed by atoms with E-state index in [0.29, 0.717) is 28.4 Å². The molecule has 1 spiro atoms. The molecule has 6 saturated carbocycles. The largest absolute Gasteiger partial charge is 0.469 e. The van der Waals surface area contributed by atoms with Crippen molar-refractivity contribution in [3.05, 3.63) is 0 Å². The molecule has 0 aromatic rings. The molecule has 6 fully saturated rings. The molecule has 0 aromatic heterocycles. The molecule has 0 radical (unpaired) electrons. The van der Waals surface area contributed by atoms with Crippen molar-refractivity contribution in [1.82, 2.24) is 0 Å². The molecule has 0 heterocycles. The second-order valence-corrected chi connectivity index (χ2v) is 12.2. The fourth-order valence-corrected chi connectivity index (χ4v) is 11.2. The number of methoxy groups -OCH3 is 1. The average Bonchev–Trinajstić information content (AvgIpc) is 3.27. The Morgan fingerprint density at radius 2 is 1.72 bits per heavy atom. The highest BCUT2D eigenvalue weighted by Gasteiger charge is 2.76. The summed E-state index contributed by atoms with van der Waals surface area (Å²) in [6.45, 7) is 5.02. The average molecular weight is 399 g/mol. The van der Waals surface area contributed by atoms with E-state index in [9.17, 15) is 9.59 Å². The number of rotatable bonds is 1. The van der Waals surface area contributed by atoms with E-state index in [-0.39, 0.29) is 17.3 Å². The zero-order chi connectivity index (χ0) is 20.2. The molecular weight excluding hydrogens is 360 g/mol. The summed E-state index contributed by atoms with van der Waals surface area (Å²) in [7, 11) is 1.56. The zero-order valence-corrected chi connectivity index (χ0v) is 18.5. The van der Waals surface area contributed by atoms with Gasteiger partial charge in [0.25, 0.3) is 0 Å². The summed E-state index contributed by atoms with van der Waals surface area (Å²) in [6, 6.07) is 0. The molecule has 0 aliphatic heterocycles. The van der Waals surface area contributed by atoms with Gasteiger partial charge < -0.3 is 4.74 Å². The van der Waals surface area contributed by atoms with E-state index in [1.165, 1.54) is 51.4 Å². The van der Waals surface area contributed by atoms with Gasteiger partial charge in [0.1, 0.15) is 5.78 Å². The Balaban J connectivity index is 1.36. The van der Waals surface area contributed by atoms with E-state index >= 15 is 0 Å². The van der Waals surface area contributed by atoms with Gasteiger partial charge in [-0.05, 0) is 104 Å². The van der Waals surface area contributed by atoms with Gasteiger partial charge in [0.05, 0.1) is 13.0 Å². The molecule has 3 heteroatoms. The molecule has 6 aliphatic rings. The number of ketones is 1. The third-order valence-electron chi connectivity index (χ3n) is 12.1. The molecule has 3 nitrogen and oxygen atoms in total. The Kier molecular flexibility index (Phi) is 3.83. The number of hydrogen-bond acceptors (Lipinski definition) is 3. The van der Waals surface area contributed by atoms with Gasteiger partial charge in [-0.25, -0.2) is 0 Å². The maximum absolute atomic E-state index is 13.1. The molecule has 0 bridgehead atoms. The number of ether oxygens (including phenoxy) is 1. The minimum atomic E-state index is 0.0306. The van der Waals surface area contributed by atoms with Crippen molar-refractivity contribution in [3.63, 3.8) is 0 Å². The van der Waals surface area contributed by atoms with Crippen LogP contribution in [0.3, 0.4) is 0 Å². The zero-order valence-electron chi connectivity index (χ0n) is 18.5. The molecule has 6 rings (SSSR count). The van der Waals surface area contributed by atoms with Crippen LogP contribution in [0.25, 0.3) is 0 Å². The maximum Gasteiger partial charge on any atom is 0.309 e. The summed E-state index contributed by atoms with van der Waals surface area (Å²) >= 11 is 0. The van der Waals surface area contributed by atoms with Crippen molar-refractivity contribution in [2.45, 2.75) is 84.5 Å². The maximum atomic E-state index is 13.1. The van der Waals surface area contributed by atoms with E-state index in [2.05, 4.69) is 13.8 Å². The van der Waals surface area contributed by atoms with Gasteiger partial charge in [0, 0.05) is 12.3 Å². The SMILES string of the molecule is COC(=O)[C@H]1CC[C@H]2[C@@H]3CC[C@]45C6CCCC6[C@@H]4C(=O)CC[C@]5(C)[C@H]3CC[C@]12C. The Hall–Kier alpha value is -0.860. The van der Waals surface area contributed by atoms with Crippen LogP contribution in [0.5, 0.6) is 0 Å². The molecule has 0 N–H and O–H groups in total. The number of esters is 1. The van der Waals surface area contributed by atoms with E-state index in [4.69, 9.17) is 4.74 Å². The summed E-state index contributed by atoms with van der Waals surface area (Å²) in [5.74, 6) is 4.91. The lowest BCUT2D eigenvalue weighted by atomic mass is 9.28. The smallest absolute Gasteiger partial charge is 0.309 e. The van der Waals surface area contributed by atoms with Crippen molar-refractivity contribution >= 4 is 11.8 Å². The van der Waals surface area contributed by atoms with Crippen molar-refractivity contribution in [2.24, 2.45) is 57.7 Å². The van der Waals surface area contributed by atoms with Crippen LogP contribution in [0.1, 0.15) is 84.5 Å². The number of carbonyl (C=O) groups is 2. The van der Waals surface area contributed by atoms with Crippen LogP contribution in [0.2, 0.25) is 0 Å². The second kappa shape index (κ2) is 5.88. The van der Waals surface area contributed by atoms with Gasteiger partial charge in [-0.2, -0.15) is 0 Å². The predicted molar refractivity (Wildman–Crippen MR) is 111 cm³/mol. The lowest BCUT2D eigenvalue weighted by molar-refractivity contribution is -0.265. The Bertz CT molecular complexity index is 759. The van der Waals surface area contributed by atoms with E-state index in [1.54, 1.807) is 7.11 Å². The van der Waals surface area contributed by atoms with Crippen molar-refractivity contribution in [3.8, 4) is 0 Å². The Labute approximate surface area is 175 Å². The molecule has 6 aliphatic carbocycles. The van der Waals surface area contributed by atoms with E-state index in [1.807, 2.05) is 0 Å². The van der Waals surface area contributed by atoms with Crippen LogP contribution in [-0.2, 0) is 14.3 Å². The first-order valence-corrected chi connectivity index (χ1v) is 12.5. The molecular formula is C26H38O3. The number of hydrogen-bond donors (Lipinski definition) is 0. The third kappa shape index (κ3) is 1.98. The fraction of sp³-hybridized carbons (Fsp3) is 0.923. The van der Waals surface area contributed by atoms with Crippen LogP contribution >= 0.6 is 0 Å². The second-order valence-electron chi connectivity index (χ2n) is 12.2. The molecule has 29 heavy (non-hydrogen) atoms. The Morgan fingerprint density at radius 1 is 0.897 bits per heavy atom. The Morgan fingerprint density at radius 3 is 2.52 bits per heavy atom. The predicted octanol–water partition coefficient (Wildman–Crippen LogP) is 5.41. The molecule has 10 atom stereocenters. The summed E-state index contributed by atoms with van der Waals surface area (Å²) in [5.41, 5.74) is 0.817. The lowest BCUT2D eigenvalue weighted by Crippen LogP contribution is -2.72. The van der Waals surface area contributed by atoms with Gasteiger partial charge >= 0.3 is 5.97 Å². The minimum Gasteiger partial charge on any atom is -0.469 e. The molecule has 0 saturated heterocycles. The standard InChI is InChI=1S/C26H38O3/c1-24-12-10-18-15(17(24)7-8-20(24)23(28)29-3)9-14-26-19-6-4-5-16(19)22(26)21(27)11-13-25(18,26)2/h15-20,22H,4-14H2,1-3H3/t15-,16?,17-,18-,19?,20+,22+,24-,25+,26-/m0/s1. The van der Waals surface area contributed by atoms with Gasteiger partial charge in [-0.1, -0.05) is 20.3 Å². The third-order valence-corrected chi connectivity index (χ3v) is 12.1. The lowest BCUT2D eigenvalue weighted by Gasteiger charge is -2.75. The first kappa shape index (κ1) is 18.9. The van der Waals surface area contributed by atoms with Crippen molar-refractivity contribution in [2.75, 3.05) is 7.11 Å². The highest BCUT2D eigenvalue weighted by molar-refractivity contribution is 5.85. The summed E-state index contributed by atoms with van der Waals surface area (Å²) < 4.78 is 5.21. The summed E-state index contributed by atoms with van der Waals surface area (Å²) in [5, 5.41) is 0. The van der Waals surface area contributed by atoms with Crippen molar-refractivity contribution < 1.29 is 14.3 Å². The summed E-state index contributed by atoms with van der Waals surface area (Å²) in [4.78, 5) is 25.6. The fourth-order valence-electron chi connectivity index (χ4n) is 11.2. The molecule has 0 aromatic carbocycles. The first-order valence-electron chi connectivity index (χ1n) is 12.5. The number of carbonyl (C=O) groups excluding carboxylic acids is 2.